The molecule has 1 N–H and O–H groups in total. The second-order valence-electron chi connectivity index (χ2n) is 6.21. The Bertz CT molecular complexity index is 777. The van der Waals surface area contributed by atoms with Gasteiger partial charge in [0.05, 0.1) is 10.6 Å². The van der Waals surface area contributed by atoms with Crippen molar-refractivity contribution in [1.29, 1.82) is 0 Å². The molecule has 1 aromatic carbocycles. The van der Waals surface area contributed by atoms with E-state index >= 15 is 0 Å². The van der Waals surface area contributed by atoms with Gasteiger partial charge in [-0.15, -0.1) is 0 Å². The fourth-order valence-electron chi connectivity index (χ4n) is 2.30. The lowest BCUT2D eigenvalue weighted by Gasteiger charge is -2.18. The fraction of sp³-hybridized carbons (Fsp3) is 0.600. The summed E-state index contributed by atoms with van der Waals surface area (Å²) in [5.74, 6) is -0.874. The van der Waals surface area contributed by atoms with Gasteiger partial charge in [-0.3, -0.25) is 0 Å². The lowest BCUT2D eigenvalue weighted by atomic mass is 10.4. The van der Waals surface area contributed by atoms with Crippen LogP contribution in [-0.2, 0) is 20.0 Å². The van der Waals surface area contributed by atoms with Crippen LogP contribution < -0.4 is 4.72 Å². The highest BCUT2D eigenvalue weighted by molar-refractivity contribution is 7.90. The SMILES string of the molecule is CN(CCNS(=O)(=O)CCN(C)S(=O)(=O)c1ccc(F)cc1)C1CC1. The average molecular weight is 394 g/mol. The zero-order chi connectivity index (χ0) is 18.7. The molecule has 142 valence electrons. The number of sulfonamides is 2. The molecule has 0 bridgehead atoms. The summed E-state index contributed by atoms with van der Waals surface area (Å²) in [6.07, 6.45) is 2.30. The molecule has 0 spiro atoms. The molecule has 0 amide bonds. The minimum absolute atomic E-state index is 0.0761. The summed E-state index contributed by atoms with van der Waals surface area (Å²) in [7, 11) is -4.16. The van der Waals surface area contributed by atoms with Crippen LogP contribution >= 0.6 is 0 Å². The first-order chi connectivity index (χ1) is 11.6. The smallest absolute Gasteiger partial charge is 0.242 e. The number of halogens is 1. The highest BCUT2D eigenvalue weighted by atomic mass is 32.2. The third kappa shape index (κ3) is 6.00. The molecule has 0 aliphatic heterocycles. The highest BCUT2D eigenvalue weighted by Gasteiger charge is 2.26. The molecule has 0 unspecified atom stereocenters. The van der Waals surface area contributed by atoms with Crippen LogP contribution in [0.5, 0.6) is 0 Å². The van der Waals surface area contributed by atoms with Gasteiger partial charge in [-0.1, -0.05) is 0 Å². The maximum Gasteiger partial charge on any atom is 0.242 e. The quantitative estimate of drug-likeness (QED) is 0.624. The van der Waals surface area contributed by atoms with Crippen molar-refractivity contribution < 1.29 is 21.2 Å². The molecule has 0 atom stereocenters. The van der Waals surface area contributed by atoms with E-state index in [0.29, 0.717) is 19.1 Å². The number of nitrogens with zero attached hydrogens (tertiary/aromatic N) is 2. The van der Waals surface area contributed by atoms with Gasteiger partial charge in [-0.2, -0.15) is 4.31 Å². The van der Waals surface area contributed by atoms with Crippen molar-refractivity contribution in [3.63, 3.8) is 0 Å². The van der Waals surface area contributed by atoms with Crippen molar-refractivity contribution in [2.45, 2.75) is 23.8 Å². The molecule has 0 aromatic heterocycles. The molecule has 0 heterocycles. The van der Waals surface area contributed by atoms with Crippen LogP contribution in [0.2, 0.25) is 0 Å². The van der Waals surface area contributed by atoms with Crippen molar-refractivity contribution in [1.82, 2.24) is 13.9 Å². The lowest BCUT2D eigenvalue weighted by Crippen LogP contribution is -2.38. The molecule has 2 rings (SSSR count). The molecule has 7 nitrogen and oxygen atoms in total. The summed E-state index contributed by atoms with van der Waals surface area (Å²) in [4.78, 5) is 2.03. The fourth-order valence-corrected chi connectivity index (χ4v) is 4.65. The van der Waals surface area contributed by atoms with Crippen LogP contribution in [0, 0.1) is 5.82 Å². The Morgan fingerprint density at radius 1 is 1.08 bits per heavy atom. The molecule has 0 radical (unpaired) electrons. The van der Waals surface area contributed by atoms with Gasteiger partial charge in [0, 0.05) is 32.7 Å². The van der Waals surface area contributed by atoms with E-state index in [1.807, 2.05) is 7.05 Å². The van der Waals surface area contributed by atoms with Crippen LogP contribution in [-0.4, -0.2) is 71.6 Å². The summed E-state index contributed by atoms with van der Waals surface area (Å²) in [6.45, 7) is 0.727. The zero-order valence-electron chi connectivity index (χ0n) is 14.4. The van der Waals surface area contributed by atoms with E-state index in [2.05, 4.69) is 9.62 Å². The van der Waals surface area contributed by atoms with Crippen molar-refractivity contribution in [2.75, 3.05) is 39.5 Å². The average Bonchev–Trinajstić information content (AvgIpc) is 3.37. The van der Waals surface area contributed by atoms with Crippen molar-refractivity contribution in [3.05, 3.63) is 30.1 Å². The Morgan fingerprint density at radius 2 is 1.68 bits per heavy atom. The first-order valence-corrected chi connectivity index (χ1v) is 11.1. The predicted octanol–water partition coefficient (Wildman–Crippen LogP) is 0.460. The van der Waals surface area contributed by atoms with Crippen molar-refractivity contribution in [3.8, 4) is 0 Å². The Balaban J connectivity index is 1.84. The zero-order valence-corrected chi connectivity index (χ0v) is 16.0. The van der Waals surface area contributed by atoms with Gasteiger partial charge >= 0.3 is 0 Å². The summed E-state index contributed by atoms with van der Waals surface area (Å²) < 4.78 is 65.0. The maximum atomic E-state index is 12.9. The second kappa shape index (κ2) is 8.09. The van der Waals surface area contributed by atoms with Crippen LogP contribution in [0.4, 0.5) is 4.39 Å². The van der Waals surface area contributed by atoms with Gasteiger partial charge in [-0.05, 0) is 44.2 Å². The van der Waals surface area contributed by atoms with Crippen LogP contribution in [0.3, 0.4) is 0 Å². The third-order valence-electron chi connectivity index (χ3n) is 4.15. The molecule has 1 fully saturated rings. The standard InChI is InChI=1S/C15H24FN3O4S2/c1-18(14-5-6-14)10-9-17-24(20,21)12-11-19(2)25(22,23)15-7-3-13(16)4-8-15/h3-4,7-8,14,17H,5-6,9-12H2,1-2H3. The monoisotopic (exact) mass is 393 g/mol. The number of rotatable bonds is 10. The van der Waals surface area contributed by atoms with Gasteiger partial charge in [-0.25, -0.2) is 25.9 Å². The molecular formula is C15H24FN3O4S2. The van der Waals surface area contributed by atoms with Gasteiger partial charge in [0.15, 0.2) is 0 Å². The Kier molecular flexibility index (Phi) is 6.55. The van der Waals surface area contributed by atoms with Crippen molar-refractivity contribution in [2.24, 2.45) is 0 Å². The third-order valence-corrected chi connectivity index (χ3v) is 7.39. The van der Waals surface area contributed by atoms with E-state index in [-0.39, 0.29) is 17.2 Å². The predicted molar refractivity (Wildman–Crippen MR) is 93.7 cm³/mol. The molecule has 10 heteroatoms. The van der Waals surface area contributed by atoms with Crippen LogP contribution in [0.1, 0.15) is 12.8 Å². The van der Waals surface area contributed by atoms with E-state index in [1.54, 1.807) is 0 Å². The van der Waals surface area contributed by atoms with E-state index < -0.39 is 25.9 Å². The highest BCUT2D eigenvalue weighted by Crippen LogP contribution is 2.24. The van der Waals surface area contributed by atoms with Gasteiger partial charge in [0.2, 0.25) is 20.0 Å². The number of nitrogens with one attached hydrogen (secondary N) is 1. The Hall–Kier alpha value is -1.07. The number of likely N-dealkylation sites (N-methyl/N-ethyl adjacent to an activating group) is 1. The Morgan fingerprint density at radius 3 is 2.24 bits per heavy atom. The minimum atomic E-state index is -3.85. The molecular weight excluding hydrogens is 369 g/mol. The molecule has 1 aromatic rings. The van der Waals surface area contributed by atoms with E-state index in [1.165, 1.54) is 7.05 Å². The van der Waals surface area contributed by atoms with Gasteiger partial charge < -0.3 is 4.90 Å². The van der Waals surface area contributed by atoms with E-state index in [9.17, 15) is 21.2 Å². The van der Waals surface area contributed by atoms with Crippen LogP contribution in [0.15, 0.2) is 29.2 Å². The topological polar surface area (TPSA) is 86.8 Å². The molecule has 1 saturated carbocycles. The first-order valence-electron chi connectivity index (χ1n) is 8.01. The largest absolute Gasteiger partial charge is 0.302 e. The summed E-state index contributed by atoms with van der Waals surface area (Å²) >= 11 is 0. The minimum Gasteiger partial charge on any atom is -0.302 e. The summed E-state index contributed by atoms with van der Waals surface area (Å²) in [5.41, 5.74) is 0. The molecule has 1 aliphatic carbocycles. The van der Waals surface area contributed by atoms with Crippen LogP contribution in [0.25, 0.3) is 0 Å². The number of hydrogen-bond acceptors (Lipinski definition) is 5. The lowest BCUT2D eigenvalue weighted by molar-refractivity contribution is 0.329. The summed E-state index contributed by atoms with van der Waals surface area (Å²) in [5, 5.41) is 0. The molecule has 1 aliphatic rings. The van der Waals surface area contributed by atoms with Crippen molar-refractivity contribution >= 4 is 20.0 Å². The first kappa shape index (κ1) is 20.2. The molecule has 0 saturated heterocycles. The Labute approximate surface area is 148 Å². The second-order valence-corrected chi connectivity index (χ2v) is 10.2. The number of hydrogen-bond donors (Lipinski definition) is 1. The summed E-state index contributed by atoms with van der Waals surface area (Å²) in [6, 6.07) is 4.96. The van der Waals surface area contributed by atoms with Gasteiger partial charge in [0.25, 0.3) is 0 Å². The normalized spacial score (nSPS) is 15.9. The molecule has 25 heavy (non-hydrogen) atoms. The van der Waals surface area contributed by atoms with Gasteiger partial charge in [0.1, 0.15) is 5.82 Å². The maximum absolute atomic E-state index is 12.9. The van der Waals surface area contributed by atoms with E-state index in [4.69, 9.17) is 0 Å². The number of benzene rings is 1. The van der Waals surface area contributed by atoms with E-state index in [0.717, 1.165) is 41.4 Å².